The maximum atomic E-state index is 12.0. The van der Waals surface area contributed by atoms with E-state index in [1.807, 2.05) is 0 Å². The Kier molecular flexibility index (Phi) is 5.53. The van der Waals surface area contributed by atoms with Crippen molar-refractivity contribution in [3.05, 3.63) is 29.8 Å². The lowest BCUT2D eigenvalue weighted by atomic mass is 9.85. The molecule has 1 aromatic carbocycles. The van der Waals surface area contributed by atoms with Crippen molar-refractivity contribution >= 4 is 15.9 Å². The minimum Gasteiger partial charge on any atom is -0.744 e. The van der Waals surface area contributed by atoms with E-state index in [9.17, 15) is 17.8 Å². The molecule has 21 heavy (non-hydrogen) atoms. The first kappa shape index (κ1) is 16.2. The molecule has 1 saturated carbocycles. The molecular formula is C16H21O4S-. The zero-order chi connectivity index (χ0) is 15.3. The molecule has 0 amide bonds. The van der Waals surface area contributed by atoms with Gasteiger partial charge in [0.15, 0.2) is 0 Å². The van der Waals surface area contributed by atoms with Gasteiger partial charge < -0.3 is 4.55 Å². The summed E-state index contributed by atoms with van der Waals surface area (Å²) in [5.41, 5.74) is 0.321. The highest BCUT2D eigenvalue weighted by Gasteiger charge is 2.16. The zero-order valence-electron chi connectivity index (χ0n) is 12.1. The number of hydrogen-bond donors (Lipinski definition) is 0. The van der Waals surface area contributed by atoms with Gasteiger partial charge in [-0.15, -0.1) is 0 Å². The van der Waals surface area contributed by atoms with Crippen molar-refractivity contribution in [2.45, 2.75) is 56.3 Å². The van der Waals surface area contributed by atoms with Crippen LogP contribution in [-0.4, -0.2) is 18.8 Å². The lowest BCUT2D eigenvalue weighted by Gasteiger charge is -2.21. The molecule has 0 unspecified atom stereocenters. The highest BCUT2D eigenvalue weighted by atomic mass is 32.2. The first-order valence-corrected chi connectivity index (χ1v) is 8.93. The summed E-state index contributed by atoms with van der Waals surface area (Å²) in [6.45, 7) is 0. The quantitative estimate of drug-likeness (QED) is 0.757. The Morgan fingerprint density at radius 2 is 1.81 bits per heavy atom. The van der Waals surface area contributed by atoms with E-state index in [0.717, 1.165) is 6.42 Å². The molecule has 0 N–H and O–H groups in total. The predicted octanol–water partition coefficient (Wildman–Crippen LogP) is 3.06. The number of hydrogen-bond acceptors (Lipinski definition) is 4. The van der Waals surface area contributed by atoms with E-state index >= 15 is 0 Å². The van der Waals surface area contributed by atoms with Crippen molar-refractivity contribution in [1.29, 1.82) is 0 Å². The van der Waals surface area contributed by atoms with Gasteiger partial charge in [-0.1, -0.05) is 50.3 Å². The highest BCUT2D eigenvalue weighted by Crippen LogP contribution is 2.27. The summed E-state index contributed by atoms with van der Waals surface area (Å²) in [4.78, 5) is 11.8. The van der Waals surface area contributed by atoms with Gasteiger partial charge in [-0.3, -0.25) is 4.79 Å². The largest absolute Gasteiger partial charge is 0.744 e. The van der Waals surface area contributed by atoms with Crippen LogP contribution >= 0.6 is 0 Å². The molecule has 0 aliphatic heterocycles. The van der Waals surface area contributed by atoms with E-state index < -0.39 is 10.1 Å². The number of benzene rings is 1. The van der Waals surface area contributed by atoms with E-state index in [0.29, 0.717) is 17.9 Å². The fourth-order valence-corrected chi connectivity index (χ4v) is 3.74. The zero-order valence-corrected chi connectivity index (χ0v) is 12.9. The molecule has 0 aromatic heterocycles. The van der Waals surface area contributed by atoms with E-state index in [-0.39, 0.29) is 17.1 Å². The smallest absolute Gasteiger partial charge is 0.137 e. The Morgan fingerprint density at radius 1 is 1.14 bits per heavy atom. The lowest BCUT2D eigenvalue weighted by molar-refractivity contribution is -0.118. The van der Waals surface area contributed by atoms with Crippen molar-refractivity contribution in [3.63, 3.8) is 0 Å². The van der Waals surface area contributed by atoms with Gasteiger partial charge in [-0.25, -0.2) is 8.42 Å². The normalized spacial score (nSPS) is 16.8. The predicted molar refractivity (Wildman–Crippen MR) is 78.9 cm³/mol. The monoisotopic (exact) mass is 309 g/mol. The fraction of sp³-hybridized carbons (Fsp3) is 0.562. The molecule has 0 atom stereocenters. The summed E-state index contributed by atoms with van der Waals surface area (Å²) in [6, 6.07) is 5.97. The topological polar surface area (TPSA) is 74.3 Å². The van der Waals surface area contributed by atoms with Crippen LogP contribution in [0.3, 0.4) is 0 Å². The van der Waals surface area contributed by atoms with Crippen LogP contribution in [0.2, 0.25) is 0 Å². The Balaban J connectivity index is 1.93. The molecule has 5 heteroatoms. The van der Waals surface area contributed by atoms with Gasteiger partial charge >= 0.3 is 0 Å². The number of Topliss-reactive ketones (excluding diaryl/α,β-unsaturated/α-hetero) is 1. The molecule has 2 rings (SSSR count). The lowest BCUT2D eigenvalue weighted by Crippen LogP contribution is -2.12. The summed E-state index contributed by atoms with van der Waals surface area (Å²) >= 11 is 0. The molecule has 1 aliphatic rings. The summed E-state index contributed by atoms with van der Waals surface area (Å²) < 4.78 is 33.5. The second-order valence-corrected chi connectivity index (χ2v) is 7.17. The summed E-state index contributed by atoms with van der Waals surface area (Å²) in [5.74, 6) is 0.637. The van der Waals surface area contributed by atoms with E-state index in [2.05, 4.69) is 0 Å². The molecule has 1 aromatic rings. The van der Waals surface area contributed by atoms with Gasteiger partial charge in [-0.2, -0.15) is 0 Å². The molecular weight excluding hydrogens is 288 g/mol. The average molecular weight is 309 g/mol. The van der Waals surface area contributed by atoms with Crippen LogP contribution in [-0.2, 0) is 21.3 Å². The van der Waals surface area contributed by atoms with Gasteiger partial charge in [0.1, 0.15) is 15.9 Å². The maximum absolute atomic E-state index is 12.0. The van der Waals surface area contributed by atoms with Crippen LogP contribution in [0.15, 0.2) is 29.2 Å². The van der Waals surface area contributed by atoms with E-state index in [1.165, 1.54) is 44.2 Å². The number of ketones is 1. The standard InChI is InChI=1S/C16H22O4S/c17-15(11-10-13-6-2-1-3-7-13)12-14-8-4-5-9-16(14)21(18,19)20/h4-5,8-9,13H,1-3,6-7,10-12H2,(H,18,19,20)/p-1. The van der Waals surface area contributed by atoms with Crippen LogP contribution in [0.1, 0.15) is 50.5 Å². The first-order valence-electron chi connectivity index (χ1n) is 7.52. The highest BCUT2D eigenvalue weighted by molar-refractivity contribution is 7.85. The van der Waals surface area contributed by atoms with Crippen LogP contribution in [0.5, 0.6) is 0 Å². The van der Waals surface area contributed by atoms with Gasteiger partial charge in [0.25, 0.3) is 0 Å². The molecule has 1 fully saturated rings. The molecule has 4 nitrogen and oxygen atoms in total. The van der Waals surface area contributed by atoms with Gasteiger partial charge in [0, 0.05) is 12.8 Å². The average Bonchev–Trinajstić information content (AvgIpc) is 2.46. The first-order chi connectivity index (χ1) is 9.97. The minimum absolute atomic E-state index is 0.0108. The SMILES string of the molecule is O=C(CCC1CCCCC1)Cc1ccccc1S(=O)(=O)[O-]. The molecule has 0 bridgehead atoms. The Bertz CT molecular complexity index is 586. The Hall–Kier alpha value is -1.20. The summed E-state index contributed by atoms with van der Waals surface area (Å²) in [5, 5.41) is 0. The van der Waals surface area contributed by atoms with Crippen LogP contribution in [0, 0.1) is 5.92 Å². The van der Waals surface area contributed by atoms with Gasteiger partial charge in [-0.05, 0) is 24.0 Å². The van der Waals surface area contributed by atoms with E-state index in [4.69, 9.17) is 0 Å². The third-order valence-corrected chi connectivity index (χ3v) is 5.12. The Morgan fingerprint density at radius 3 is 2.48 bits per heavy atom. The maximum Gasteiger partial charge on any atom is 0.137 e. The minimum atomic E-state index is -4.52. The molecule has 0 spiro atoms. The third kappa shape index (κ3) is 4.93. The molecule has 0 heterocycles. The van der Waals surface area contributed by atoms with E-state index in [1.54, 1.807) is 12.1 Å². The van der Waals surface area contributed by atoms with Gasteiger partial charge in [0.05, 0.1) is 4.90 Å². The van der Waals surface area contributed by atoms with Crippen molar-refractivity contribution in [2.24, 2.45) is 5.92 Å². The van der Waals surface area contributed by atoms with Crippen molar-refractivity contribution in [1.82, 2.24) is 0 Å². The van der Waals surface area contributed by atoms with Crippen molar-refractivity contribution in [3.8, 4) is 0 Å². The second-order valence-electron chi connectivity index (χ2n) is 5.82. The van der Waals surface area contributed by atoms with Crippen LogP contribution < -0.4 is 0 Å². The summed E-state index contributed by atoms with van der Waals surface area (Å²) in [6.07, 6.45) is 7.55. The second kappa shape index (κ2) is 7.18. The Labute approximate surface area is 126 Å². The molecule has 0 saturated heterocycles. The molecule has 1 aliphatic carbocycles. The third-order valence-electron chi connectivity index (χ3n) is 4.19. The number of carbonyl (C=O) groups excluding carboxylic acids is 1. The van der Waals surface area contributed by atoms with Crippen LogP contribution in [0.4, 0.5) is 0 Å². The fourth-order valence-electron chi connectivity index (χ4n) is 3.04. The molecule has 116 valence electrons. The van der Waals surface area contributed by atoms with Crippen molar-refractivity contribution in [2.75, 3.05) is 0 Å². The number of carbonyl (C=O) groups is 1. The summed E-state index contributed by atoms with van der Waals surface area (Å²) in [7, 11) is -4.52. The van der Waals surface area contributed by atoms with Crippen LogP contribution in [0.25, 0.3) is 0 Å². The van der Waals surface area contributed by atoms with Gasteiger partial charge in [0.2, 0.25) is 0 Å². The number of rotatable bonds is 6. The van der Waals surface area contributed by atoms with Crippen molar-refractivity contribution < 1.29 is 17.8 Å². The molecule has 0 radical (unpaired) electrons.